The maximum atomic E-state index is 13.2. The summed E-state index contributed by atoms with van der Waals surface area (Å²) in [6.45, 7) is -0.283. The standard InChI is InChI=1S/C11H7F2NO2/c12-11(13,16-7-15)9-5-8-3-1-2-4-10(8)14-6-9/h1-7H. The monoisotopic (exact) mass is 223 g/mol. The van der Waals surface area contributed by atoms with Gasteiger partial charge in [-0.25, -0.2) is 0 Å². The zero-order valence-electron chi connectivity index (χ0n) is 8.06. The van der Waals surface area contributed by atoms with E-state index in [9.17, 15) is 13.6 Å². The summed E-state index contributed by atoms with van der Waals surface area (Å²) in [5.41, 5.74) is 0.159. The molecule has 1 heterocycles. The molecule has 3 nitrogen and oxygen atoms in total. The lowest BCUT2D eigenvalue weighted by molar-refractivity contribution is -0.228. The van der Waals surface area contributed by atoms with Crippen LogP contribution >= 0.6 is 0 Å². The van der Waals surface area contributed by atoms with Crippen LogP contribution in [0, 0.1) is 0 Å². The van der Waals surface area contributed by atoms with Crippen LogP contribution in [0.5, 0.6) is 0 Å². The first-order valence-electron chi connectivity index (χ1n) is 4.48. The van der Waals surface area contributed by atoms with Gasteiger partial charge in [0, 0.05) is 11.6 Å². The minimum atomic E-state index is -3.64. The molecule has 0 amide bonds. The number of benzene rings is 1. The van der Waals surface area contributed by atoms with E-state index in [4.69, 9.17) is 0 Å². The van der Waals surface area contributed by atoms with Crippen LogP contribution < -0.4 is 0 Å². The fourth-order valence-electron chi connectivity index (χ4n) is 1.36. The van der Waals surface area contributed by atoms with Crippen LogP contribution in [0.15, 0.2) is 36.5 Å². The Labute approximate surface area is 89.7 Å². The number of hydrogen-bond acceptors (Lipinski definition) is 3. The molecule has 0 aliphatic rings. The van der Waals surface area contributed by atoms with Crippen molar-refractivity contribution >= 4 is 17.4 Å². The molecule has 0 saturated carbocycles. The maximum absolute atomic E-state index is 13.2. The Morgan fingerprint density at radius 1 is 1.31 bits per heavy atom. The molecular weight excluding hydrogens is 216 g/mol. The topological polar surface area (TPSA) is 39.2 Å². The molecule has 0 radical (unpaired) electrons. The van der Waals surface area contributed by atoms with E-state index in [2.05, 4.69) is 9.72 Å². The second-order valence-corrected chi connectivity index (χ2v) is 3.15. The Balaban J connectivity index is 2.50. The Hall–Kier alpha value is -2.04. The molecule has 2 aromatic rings. The number of halogens is 2. The van der Waals surface area contributed by atoms with Crippen molar-refractivity contribution in [3.63, 3.8) is 0 Å². The van der Waals surface area contributed by atoms with Crippen molar-refractivity contribution in [2.75, 3.05) is 0 Å². The zero-order chi connectivity index (χ0) is 11.6. The fourth-order valence-corrected chi connectivity index (χ4v) is 1.36. The average Bonchev–Trinajstić information content (AvgIpc) is 2.28. The largest absolute Gasteiger partial charge is 0.430 e. The van der Waals surface area contributed by atoms with Gasteiger partial charge in [0.25, 0.3) is 6.47 Å². The molecule has 82 valence electrons. The summed E-state index contributed by atoms with van der Waals surface area (Å²) in [6.07, 6.45) is -2.65. The van der Waals surface area contributed by atoms with E-state index in [1.807, 2.05) is 0 Å². The van der Waals surface area contributed by atoms with E-state index in [-0.39, 0.29) is 6.47 Å². The van der Waals surface area contributed by atoms with Gasteiger partial charge in [-0.15, -0.1) is 0 Å². The molecule has 0 spiro atoms. The number of rotatable bonds is 3. The van der Waals surface area contributed by atoms with Crippen molar-refractivity contribution in [1.82, 2.24) is 4.98 Å². The van der Waals surface area contributed by atoms with E-state index in [1.165, 1.54) is 6.07 Å². The highest BCUT2D eigenvalue weighted by atomic mass is 19.3. The minimum absolute atomic E-state index is 0.283. The highest BCUT2D eigenvalue weighted by molar-refractivity contribution is 5.78. The molecule has 0 unspecified atom stereocenters. The Kier molecular flexibility index (Phi) is 2.52. The number of pyridine rings is 1. The molecule has 0 saturated heterocycles. The molecule has 0 aliphatic heterocycles. The van der Waals surface area contributed by atoms with Crippen molar-refractivity contribution in [2.45, 2.75) is 6.11 Å². The third kappa shape index (κ3) is 1.84. The molecular formula is C11H7F2NO2. The predicted octanol–water partition coefficient (Wildman–Crippen LogP) is 2.46. The lowest BCUT2D eigenvalue weighted by atomic mass is 10.1. The molecule has 1 aromatic carbocycles. The van der Waals surface area contributed by atoms with E-state index < -0.39 is 11.7 Å². The van der Waals surface area contributed by atoms with E-state index in [0.717, 1.165) is 6.20 Å². The maximum Gasteiger partial charge on any atom is 0.430 e. The van der Waals surface area contributed by atoms with Gasteiger partial charge in [-0.2, -0.15) is 8.78 Å². The van der Waals surface area contributed by atoms with E-state index >= 15 is 0 Å². The molecule has 0 N–H and O–H groups in total. The number of aromatic nitrogens is 1. The van der Waals surface area contributed by atoms with Gasteiger partial charge in [0.2, 0.25) is 0 Å². The van der Waals surface area contributed by atoms with Gasteiger partial charge in [-0.1, -0.05) is 18.2 Å². The second kappa shape index (κ2) is 3.84. The number of para-hydroxylation sites is 1. The summed E-state index contributed by atoms with van der Waals surface area (Å²) in [4.78, 5) is 13.8. The van der Waals surface area contributed by atoms with Gasteiger partial charge < -0.3 is 4.74 Å². The number of fused-ring (bicyclic) bond motifs is 1. The normalized spacial score (nSPS) is 11.4. The lowest BCUT2D eigenvalue weighted by Gasteiger charge is -2.13. The van der Waals surface area contributed by atoms with Crippen molar-refractivity contribution in [3.05, 3.63) is 42.1 Å². The first-order chi connectivity index (χ1) is 7.63. The number of carbonyl (C=O) groups is 1. The van der Waals surface area contributed by atoms with Crippen LogP contribution in [-0.4, -0.2) is 11.5 Å². The molecule has 0 atom stereocenters. The molecule has 5 heteroatoms. The van der Waals surface area contributed by atoms with E-state index in [0.29, 0.717) is 10.9 Å². The van der Waals surface area contributed by atoms with Crippen molar-refractivity contribution in [2.24, 2.45) is 0 Å². The van der Waals surface area contributed by atoms with Crippen molar-refractivity contribution in [1.29, 1.82) is 0 Å². The molecule has 2 rings (SSSR count). The number of carbonyl (C=O) groups excluding carboxylic acids is 1. The predicted molar refractivity (Wildman–Crippen MR) is 52.8 cm³/mol. The zero-order valence-corrected chi connectivity index (χ0v) is 8.06. The highest BCUT2D eigenvalue weighted by Crippen LogP contribution is 2.29. The highest BCUT2D eigenvalue weighted by Gasteiger charge is 2.34. The Bertz CT molecular complexity index is 528. The summed E-state index contributed by atoms with van der Waals surface area (Å²) in [5.74, 6) is 0. The molecule has 1 aromatic heterocycles. The van der Waals surface area contributed by atoms with Gasteiger partial charge >= 0.3 is 6.11 Å². The van der Waals surface area contributed by atoms with Gasteiger partial charge in [0.05, 0.1) is 11.1 Å². The lowest BCUT2D eigenvalue weighted by Crippen LogP contribution is -2.17. The molecule has 0 aliphatic carbocycles. The number of nitrogens with zero attached hydrogens (tertiary/aromatic N) is 1. The van der Waals surface area contributed by atoms with Gasteiger partial charge in [-0.05, 0) is 12.1 Å². The Morgan fingerprint density at radius 3 is 2.81 bits per heavy atom. The van der Waals surface area contributed by atoms with Crippen molar-refractivity contribution in [3.8, 4) is 0 Å². The third-order valence-electron chi connectivity index (χ3n) is 2.12. The number of alkyl halides is 2. The van der Waals surface area contributed by atoms with Crippen LogP contribution in [0.3, 0.4) is 0 Å². The van der Waals surface area contributed by atoms with E-state index in [1.54, 1.807) is 24.3 Å². The van der Waals surface area contributed by atoms with Gasteiger partial charge in [0.1, 0.15) is 0 Å². The summed E-state index contributed by atoms with van der Waals surface area (Å²) >= 11 is 0. The SMILES string of the molecule is O=COC(F)(F)c1cnc2ccccc2c1. The summed E-state index contributed by atoms with van der Waals surface area (Å²) in [5, 5.41) is 0.564. The smallest absolute Gasteiger partial charge is 0.399 e. The van der Waals surface area contributed by atoms with Crippen LogP contribution in [0.25, 0.3) is 10.9 Å². The number of ether oxygens (including phenoxy) is 1. The third-order valence-corrected chi connectivity index (χ3v) is 2.12. The van der Waals surface area contributed by atoms with Gasteiger partial charge in [0.15, 0.2) is 0 Å². The average molecular weight is 223 g/mol. The van der Waals surface area contributed by atoms with Crippen LogP contribution in [0.1, 0.15) is 5.56 Å². The van der Waals surface area contributed by atoms with Crippen LogP contribution in [-0.2, 0) is 15.6 Å². The summed E-state index contributed by atoms with van der Waals surface area (Å²) < 4.78 is 30.1. The fraction of sp³-hybridized carbons (Fsp3) is 0.0909. The molecule has 0 fully saturated rings. The van der Waals surface area contributed by atoms with Crippen LogP contribution in [0.2, 0.25) is 0 Å². The first-order valence-corrected chi connectivity index (χ1v) is 4.48. The molecule has 16 heavy (non-hydrogen) atoms. The minimum Gasteiger partial charge on any atom is -0.399 e. The van der Waals surface area contributed by atoms with Crippen molar-refractivity contribution < 1.29 is 18.3 Å². The summed E-state index contributed by atoms with van der Waals surface area (Å²) in [6, 6.07) is 8.08. The second-order valence-electron chi connectivity index (χ2n) is 3.15. The van der Waals surface area contributed by atoms with Gasteiger partial charge in [-0.3, -0.25) is 9.78 Å². The van der Waals surface area contributed by atoms with Crippen LogP contribution in [0.4, 0.5) is 8.78 Å². The quantitative estimate of drug-likeness (QED) is 0.750. The summed E-state index contributed by atoms with van der Waals surface area (Å²) in [7, 11) is 0. The Morgan fingerprint density at radius 2 is 2.06 bits per heavy atom. The number of hydrogen-bond donors (Lipinski definition) is 0. The molecule has 0 bridgehead atoms. The first kappa shape index (κ1) is 10.5.